The Bertz CT molecular complexity index is 611. The number of carbonyl (C=O) groups is 1. The van der Waals surface area contributed by atoms with Crippen molar-refractivity contribution in [3.8, 4) is 0 Å². The van der Waals surface area contributed by atoms with Crippen molar-refractivity contribution in [3.05, 3.63) is 72.3 Å². The van der Waals surface area contributed by atoms with Gasteiger partial charge in [-0.05, 0) is 43.5 Å². The number of carbonyl (C=O) groups excluding carboxylic acids is 1. The van der Waals surface area contributed by atoms with E-state index in [-0.39, 0.29) is 17.6 Å². The Hall–Kier alpha value is -1.91. The Morgan fingerprint density at radius 1 is 1.40 bits per heavy atom. The summed E-state index contributed by atoms with van der Waals surface area (Å²) in [7, 11) is 0. The molecule has 1 amide bonds. The highest BCUT2D eigenvalue weighted by Crippen LogP contribution is 2.21. The highest BCUT2D eigenvalue weighted by Gasteiger charge is 2.22. The van der Waals surface area contributed by atoms with E-state index in [4.69, 9.17) is 11.6 Å². The average molecular weight is 365 g/mol. The van der Waals surface area contributed by atoms with Crippen LogP contribution in [0.25, 0.3) is 0 Å². The number of alkyl halides is 1. The third-order valence-corrected chi connectivity index (χ3v) is 4.03. The molecule has 1 rings (SSSR count). The lowest BCUT2D eigenvalue weighted by molar-refractivity contribution is -0.122. The van der Waals surface area contributed by atoms with Crippen molar-refractivity contribution in [2.45, 2.75) is 32.2 Å². The molecule has 2 N–H and O–H groups in total. The Labute approximate surface area is 154 Å². The molecule has 0 aromatic carbocycles. The number of hydrogen-bond acceptors (Lipinski definition) is 2. The van der Waals surface area contributed by atoms with Crippen LogP contribution in [0, 0.1) is 0 Å². The maximum atomic E-state index is 14.8. The fourth-order valence-electron chi connectivity index (χ4n) is 2.35. The average Bonchev–Trinajstić information content (AvgIpc) is 2.64. The minimum absolute atomic E-state index is 0.0933. The fraction of sp³-hybridized carbons (Fsp3) is 0.350. The molecule has 0 aliphatic carbocycles. The molecule has 0 aromatic rings. The lowest BCUT2D eigenvalue weighted by Crippen LogP contribution is -2.46. The van der Waals surface area contributed by atoms with E-state index in [1.165, 1.54) is 12.2 Å². The largest absolute Gasteiger partial charge is 0.322 e. The van der Waals surface area contributed by atoms with Crippen molar-refractivity contribution in [3.63, 3.8) is 0 Å². The van der Waals surface area contributed by atoms with Crippen LogP contribution in [0.3, 0.4) is 0 Å². The first-order valence-corrected chi connectivity index (χ1v) is 8.86. The molecule has 1 aliphatic heterocycles. The summed E-state index contributed by atoms with van der Waals surface area (Å²) in [6.07, 6.45) is 12.6. The van der Waals surface area contributed by atoms with Gasteiger partial charge in [-0.2, -0.15) is 0 Å². The molecular formula is C20H26ClFN2O. The van der Waals surface area contributed by atoms with Gasteiger partial charge >= 0.3 is 0 Å². The van der Waals surface area contributed by atoms with Crippen molar-refractivity contribution < 1.29 is 9.18 Å². The summed E-state index contributed by atoms with van der Waals surface area (Å²) in [5.74, 6) is -0.352. The van der Waals surface area contributed by atoms with Gasteiger partial charge in [0, 0.05) is 5.88 Å². The van der Waals surface area contributed by atoms with Gasteiger partial charge in [0.2, 0.25) is 5.91 Å². The van der Waals surface area contributed by atoms with Crippen molar-refractivity contribution >= 4 is 17.5 Å². The maximum absolute atomic E-state index is 14.8. The Kier molecular flexibility index (Phi) is 9.81. The van der Waals surface area contributed by atoms with Crippen molar-refractivity contribution in [2.75, 3.05) is 12.4 Å². The van der Waals surface area contributed by atoms with E-state index in [1.54, 1.807) is 31.2 Å². The molecule has 5 heteroatoms. The predicted molar refractivity (Wildman–Crippen MR) is 104 cm³/mol. The van der Waals surface area contributed by atoms with E-state index >= 15 is 0 Å². The summed E-state index contributed by atoms with van der Waals surface area (Å²) in [6, 6.07) is -0.293. The Balaban J connectivity index is 2.88. The van der Waals surface area contributed by atoms with E-state index in [0.29, 0.717) is 17.0 Å². The zero-order valence-electron chi connectivity index (χ0n) is 14.7. The highest BCUT2D eigenvalue weighted by molar-refractivity contribution is 6.18. The van der Waals surface area contributed by atoms with E-state index in [9.17, 15) is 9.18 Å². The zero-order chi connectivity index (χ0) is 18.7. The minimum Gasteiger partial charge on any atom is -0.322 e. The number of nitrogens with one attached hydrogen (secondary N) is 2. The summed E-state index contributed by atoms with van der Waals surface area (Å²) in [4.78, 5) is 12.3. The molecule has 0 aromatic heterocycles. The first-order chi connectivity index (χ1) is 12.0. The molecule has 0 bridgehead atoms. The molecule has 25 heavy (non-hydrogen) atoms. The lowest BCUT2D eigenvalue weighted by atomic mass is 10.0. The van der Waals surface area contributed by atoms with Crippen LogP contribution in [0.2, 0.25) is 0 Å². The molecule has 0 unspecified atom stereocenters. The van der Waals surface area contributed by atoms with Gasteiger partial charge < -0.3 is 10.6 Å². The van der Waals surface area contributed by atoms with Gasteiger partial charge in [0.1, 0.15) is 5.83 Å². The van der Waals surface area contributed by atoms with Crippen LogP contribution in [0.5, 0.6) is 0 Å². The predicted octanol–water partition coefficient (Wildman–Crippen LogP) is 4.47. The minimum atomic E-state index is -0.528. The van der Waals surface area contributed by atoms with Crippen LogP contribution in [-0.4, -0.2) is 24.4 Å². The second-order valence-corrected chi connectivity index (χ2v) is 6.02. The van der Waals surface area contributed by atoms with Crippen LogP contribution in [0.15, 0.2) is 72.3 Å². The SMILES string of the molecule is C=C/C=C(NC(=O)[C@@H]1CCCCN1)\C(F)=C(/C)C(=C)/C=C\C=C/CCl. The monoisotopic (exact) mass is 364 g/mol. The first-order valence-electron chi connectivity index (χ1n) is 8.33. The fourth-order valence-corrected chi connectivity index (χ4v) is 2.46. The van der Waals surface area contributed by atoms with Gasteiger partial charge in [-0.3, -0.25) is 4.79 Å². The number of piperidine rings is 1. The summed E-state index contributed by atoms with van der Waals surface area (Å²) < 4.78 is 14.8. The van der Waals surface area contributed by atoms with Crippen molar-refractivity contribution in [1.82, 2.24) is 10.6 Å². The molecule has 0 saturated carbocycles. The Morgan fingerprint density at radius 3 is 2.76 bits per heavy atom. The van der Waals surface area contributed by atoms with Gasteiger partial charge in [0.15, 0.2) is 0 Å². The van der Waals surface area contributed by atoms with Crippen LogP contribution in [-0.2, 0) is 4.79 Å². The smallest absolute Gasteiger partial charge is 0.241 e. The normalized spacial score (nSPS) is 19.8. The summed E-state index contributed by atoms with van der Waals surface area (Å²) in [6.45, 7) is 9.86. The van der Waals surface area contributed by atoms with E-state index in [0.717, 1.165) is 25.8 Å². The summed E-state index contributed by atoms with van der Waals surface area (Å²) in [5.41, 5.74) is 0.952. The Morgan fingerprint density at radius 2 is 2.16 bits per heavy atom. The van der Waals surface area contributed by atoms with Gasteiger partial charge in [-0.15, -0.1) is 11.6 Å². The van der Waals surface area contributed by atoms with Crippen LogP contribution in [0.1, 0.15) is 26.2 Å². The molecule has 0 spiro atoms. The highest BCUT2D eigenvalue weighted by atomic mass is 35.5. The molecule has 1 heterocycles. The molecule has 136 valence electrons. The summed E-state index contributed by atoms with van der Waals surface area (Å²) in [5, 5.41) is 5.80. The number of amides is 1. The first kappa shape index (κ1) is 21.1. The number of rotatable bonds is 8. The molecule has 1 fully saturated rings. The quantitative estimate of drug-likeness (QED) is 0.493. The standard InChI is InChI=1S/C20H26ClFN2O/c1-4-10-17(24-20(25)18-12-7-9-14-23-18)19(22)16(3)15(2)11-6-5-8-13-21/h4-6,8,10-11,18,23H,1-2,7,9,12-14H2,3H3,(H,24,25)/b8-5-,11-6-,17-10+,19-16-/t18-/m0/s1. The van der Waals surface area contributed by atoms with Crippen molar-refractivity contribution in [1.29, 1.82) is 0 Å². The molecule has 1 aliphatic rings. The van der Waals surface area contributed by atoms with E-state index < -0.39 is 5.83 Å². The van der Waals surface area contributed by atoms with Crippen LogP contribution >= 0.6 is 11.6 Å². The molecule has 0 radical (unpaired) electrons. The number of allylic oxidation sites excluding steroid dienone is 9. The van der Waals surface area contributed by atoms with Gasteiger partial charge in [-0.1, -0.05) is 50.0 Å². The maximum Gasteiger partial charge on any atom is 0.241 e. The van der Waals surface area contributed by atoms with E-state index in [1.807, 2.05) is 0 Å². The molecule has 1 saturated heterocycles. The van der Waals surface area contributed by atoms with E-state index in [2.05, 4.69) is 23.8 Å². The molecule has 1 atom stereocenters. The van der Waals surface area contributed by atoms with Gasteiger partial charge in [0.25, 0.3) is 0 Å². The number of halogens is 2. The molecule has 3 nitrogen and oxygen atoms in total. The molecular weight excluding hydrogens is 339 g/mol. The third kappa shape index (κ3) is 7.24. The van der Waals surface area contributed by atoms with Crippen LogP contribution < -0.4 is 10.6 Å². The van der Waals surface area contributed by atoms with Gasteiger partial charge in [0.05, 0.1) is 11.7 Å². The second kappa shape index (κ2) is 11.6. The topological polar surface area (TPSA) is 41.1 Å². The lowest BCUT2D eigenvalue weighted by Gasteiger charge is -2.23. The van der Waals surface area contributed by atoms with Gasteiger partial charge in [-0.25, -0.2) is 4.39 Å². The second-order valence-electron chi connectivity index (χ2n) is 5.71. The zero-order valence-corrected chi connectivity index (χ0v) is 15.4. The van der Waals surface area contributed by atoms with Crippen molar-refractivity contribution in [2.24, 2.45) is 0 Å². The number of hydrogen-bond donors (Lipinski definition) is 2. The van der Waals surface area contributed by atoms with Crippen LogP contribution in [0.4, 0.5) is 4.39 Å². The third-order valence-electron chi connectivity index (χ3n) is 3.85. The summed E-state index contributed by atoms with van der Waals surface area (Å²) >= 11 is 5.54.